The minimum Gasteiger partial charge on any atom is -0.368 e. The first kappa shape index (κ1) is 18.4. The van der Waals surface area contributed by atoms with E-state index in [2.05, 4.69) is 56.5 Å². The third kappa shape index (κ3) is 2.92. The Kier molecular flexibility index (Phi) is 4.27. The Balaban J connectivity index is 1.43. The summed E-state index contributed by atoms with van der Waals surface area (Å²) in [7, 11) is 2.07. The molecule has 0 spiro atoms. The van der Waals surface area contributed by atoms with E-state index in [1.165, 1.54) is 5.56 Å². The number of piperazine rings is 1. The molecule has 0 N–H and O–H groups in total. The molecule has 152 valence electrons. The van der Waals surface area contributed by atoms with E-state index in [0.29, 0.717) is 0 Å². The predicted molar refractivity (Wildman–Crippen MR) is 118 cm³/mol. The summed E-state index contributed by atoms with van der Waals surface area (Å²) in [5, 5.41) is 12.0. The SMILES string of the molecule is Cc1ccc2c(c1)c1ncnc(N3CCN(c4ccc([N+](=O)[O-])cc4)CC3)c1n2C. The highest BCUT2D eigenvalue weighted by Gasteiger charge is 2.23. The molecule has 0 unspecified atom stereocenters. The normalized spacial score (nSPS) is 14.6. The summed E-state index contributed by atoms with van der Waals surface area (Å²) in [5.74, 6) is 0.958. The molecule has 1 saturated heterocycles. The molecule has 0 aliphatic carbocycles. The van der Waals surface area contributed by atoms with Gasteiger partial charge in [-0.3, -0.25) is 10.1 Å². The maximum Gasteiger partial charge on any atom is 0.269 e. The van der Waals surface area contributed by atoms with Crippen molar-refractivity contribution in [3.05, 3.63) is 64.5 Å². The van der Waals surface area contributed by atoms with Crippen LogP contribution in [0.4, 0.5) is 17.2 Å². The van der Waals surface area contributed by atoms with Crippen LogP contribution in [0.3, 0.4) is 0 Å². The predicted octanol–water partition coefficient (Wildman–Crippen LogP) is 3.66. The highest BCUT2D eigenvalue weighted by atomic mass is 16.6. The quantitative estimate of drug-likeness (QED) is 0.384. The standard InChI is InChI=1S/C22H22N6O2/c1-15-3-8-19-18(13-15)20-21(25(19)2)22(24-14-23-20)27-11-9-26(10-12-27)16-4-6-17(7-5-16)28(29)30/h3-8,13-14H,9-12H2,1-2H3. The third-order valence-electron chi connectivity index (χ3n) is 5.91. The van der Waals surface area contributed by atoms with E-state index in [1.54, 1.807) is 18.5 Å². The first-order chi connectivity index (χ1) is 14.5. The molecule has 1 aliphatic heterocycles. The Labute approximate surface area is 173 Å². The number of rotatable bonds is 3. The largest absolute Gasteiger partial charge is 0.368 e. The van der Waals surface area contributed by atoms with Crippen LogP contribution < -0.4 is 9.80 Å². The van der Waals surface area contributed by atoms with Gasteiger partial charge in [-0.25, -0.2) is 9.97 Å². The maximum absolute atomic E-state index is 10.9. The van der Waals surface area contributed by atoms with Gasteiger partial charge >= 0.3 is 0 Å². The van der Waals surface area contributed by atoms with E-state index >= 15 is 0 Å². The van der Waals surface area contributed by atoms with Crippen molar-refractivity contribution < 1.29 is 4.92 Å². The van der Waals surface area contributed by atoms with Gasteiger partial charge in [0.25, 0.3) is 5.69 Å². The van der Waals surface area contributed by atoms with Crippen LogP contribution >= 0.6 is 0 Å². The number of nitro benzene ring substituents is 1. The van der Waals surface area contributed by atoms with Crippen molar-refractivity contribution in [3.63, 3.8) is 0 Å². The van der Waals surface area contributed by atoms with Gasteiger partial charge in [0.05, 0.1) is 10.4 Å². The Bertz CT molecular complexity index is 1260. The van der Waals surface area contributed by atoms with Crippen LogP contribution in [-0.4, -0.2) is 45.6 Å². The number of fused-ring (bicyclic) bond motifs is 3. The smallest absolute Gasteiger partial charge is 0.269 e. The molecule has 8 heteroatoms. The minimum atomic E-state index is -0.368. The second kappa shape index (κ2) is 6.98. The highest BCUT2D eigenvalue weighted by molar-refractivity contribution is 6.09. The first-order valence-corrected chi connectivity index (χ1v) is 9.97. The van der Waals surface area contributed by atoms with Gasteiger partial charge in [-0.05, 0) is 31.2 Å². The average molecular weight is 402 g/mol. The zero-order valence-corrected chi connectivity index (χ0v) is 16.9. The summed E-state index contributed by atoms with van der Waals surface area (Å²) in [4.78, 5) is 24.3. The number of non-ortho nitro benzene ring substituents is 1. The number of aromatic nitrogens is 3. The van der Waals surface area contributed by atoms with Crippen molar-refractivity contribution in [3.8, 4) is 0 Å². The molecule has 0 bridgehead atoms. The van der Waals surface area contributed by atoms with E-state index in [-0.39, 0.29) is 10.6 Å². The van der Waals surface area contributed by atoms with E-state index < -0.39 is 0 Å². The summed E-state index contributed by atoms with van der Waals surface area (Å²) in [6.45, 7) is 5.39. The number of benzene rings is 2. The molecule has 2 aromatic carbocycles. The van der Waals surface area contributed by atoms with Gasteiger partial charge in [0.15, 0.2) is 5.82 Å². The first-order valence-electron chi connectivity index (χ1n) is 9.97. The monoisotopic (exact) mass is 402 g/mol. The summed E-state index contributed by atoms with van der Waals surface area (Å²) < 4.78 is 2.18. The lowest BCUT2D eigenvalue weighted by Crippen LogP contribution is -2.47. The molecule has 4 aromatic rings. The molecule has 0 saturated carbocycles. The molecule has 0 atom stereocenters. The van der Waals surface area contributed by atoms with Crippen LogP contribution in [0.2, 0.25) is 0 Å². The van der Waals surface area contributed by atoms with Gasteiger partial charge in [-0.2, -0.15) is 0 Å². The fourth-order valence-electron chi connectivity index (χ4n) is 4.32. The second-order valence-electron chi connectivity index (χ2n) is 7.72. The Hall–Kier alpha value is -3.68. The Morgan fingerprint density at radius 2 is 1.67 bits per heavy atom. The molecule has 30 heavy (non-hydrogen) atoms. The minimum absolute atomic E-state index is 0.117. The Morgan fingerprint density at radius 3 is 2.37 bits per heavy atom. The zero-order chi connectivity index (χ0) is 20.8. The fourth-order valence-corrected chi connectivity index (χ4v) is 4.32. The van der Waals surface area contributed by atoms with E-state index in [9.17, 15) is 10.1 Å². The Morgan fingerprint density at radius 1 is 0.967 bits per heavy atom. The maximum atomic E-state index is 10.9. The lowest BCUT2D eigenvalue weighted by molar-refractivity contribution is -0.384. The average Bonchev–Trinajstić information content (AvgIpc) is 3.05. The molecular weight excluding hydrogens is 380 g/mol. The lowest BCUT2D eigenvalue weighted by Gasteiger charge is -2.36. The number of aryl methyl sites for hydroxylation is 2. The van der Waals surface area contributed by atoms with Crippen LogP contribution in [-0.2, 0) is 7.05 Å². The van der Waals surface area contributed by atoms with E-state index in [1.807, 2.05) is 12.1 Å². The summed E-state index contributed by atoms with van der Waals surface area (Å²) >= 11 is 0. The van der Waals surface area contributed by atoms with E-state index in [4.69, 9.17) is 0 Å². The van der Waals surface area contributed by atoms with Crippen LogP contribution in [0.1, 0.15) is 5.56 Å². The van der Waals surface area contributed by atoms with Crippen LogP contribution in [0, 0.1) is 17.0 Å². The van der Waals surface area contributed by atoms with Gasteiger partial charge in [0.2, 0.25) is 0 Å². The third-order valence-corrected chi connectivity index (χ3v) is 5.91. The molecule has 1 fully saturated rings. The molecule has 1 aliphatic rings. The molecule has 5 rings (SSSR count). The summed E-state index contributed by atoms with van der Waals surface area (Å²) in [5.41, 5.74) is 5.54. The number of nitrogens with zero attached hydrogens (tertiary/aromatic N) is 6. The second-order valence-corrected chi connectivity index (χ2v) is 7.72. The number of nitro groups is 1. The summed E-state index contributed by atoms with van der Waals surface area (Å²) in [6, 6.07) is 13.2. The number of hydrogen-bond donors (Lipinski definition) is 0. The van der Waals surface area contributed by atoms with Crippen LogP contribution in [0.15, 0.2) is 48.8 Å². The van der Waals surface area contributed by atoms with Crippen molar-refractivity contribution in [2.24, 2.45) is 7.05 Å². The van der Waals surface area contributed by atoms with Gasteiger partial charge < -0.3 is 14.4 Å². The topological polar surface area (TPSA) is 80.3 Å². The molecule has 2 aromatic heterocycles. The van der Waals surface area contributed by atoms with Crippen LogP contribution in [0.5, 0.6) is 0 Å². The van der Waals surface area contributed by atoms with Gasteiger partial charge in [-0.15, -0.1) is 0 Å². The summed E-state index contributed by atoms with van der Waals surface area (Å²) in [6.07, 6.45) is 1.65. The fraction of sp³-hybridized carbons (Fsp3) is 0.273. The van der Waals surface area contributed by atoms with Crippen molar-refractivity contribution in [1.82, 2.24) is 14.5 Å². The van der Waals surface area contributed by atoms with Gasteiger partial charge in [0.1, 0.15) is 17.4 Å². The molecule has 0 radical (unpaired) electrons. The van der Waals surface area contributed by atoms with Crippen molar-refractivity contribution in [1.29, 1.82) is 0 Å². The zero-order valence-electron chi connectivity index (χ0n) is 16.9. The number of anilines is 2. The molecule has 0 amide bonds. The van der Waals surface area contributed by atoms with Crippen molar-refractivity contribution >= 4 is 39.1 Å². The highest BCUT2D eigenvalue weighted by Crippen LogP contribution is 2.33. The molecule has 8 nitrogen and oxygen atoms in total. The molecule has 3 heterocycles. The van der Waals surface area contributed by atoms with Crippen LogP contribution in [0.25, 0.3) is 21.9 Å². The van der Waals surface area contributed by atoms with Crippen molar-refractivity contribution in [2.45, 2.75) is 6.92 Å². The van der Waals surface area contributed by atoms with Crippen molar-refractivity contribution in [2.75, 3.05) is 36.0 Å². The van der Waals surface area contributed by atoms with E-state index in [0.717, 1.165) is 59.6 Å². The number of hydrogen-bond acceptors (Lipinski definition) is 6. The lowest BCUT2D eigenvalue weighted by atomic mass is 10.1. The van der Waals surface area contributed by atoms with Gasteiger partial charge in [-0.1, -0.05) is 11.6 Å². The van der Waals surface area contributed by atoms with Gasteiger partial charge in [0, 0.05) is 56.4 Å². The molecular formula is C22H22N6O2.